The molecule has 0 atom stereocenters. The Morgan fingerprint density at radius 2 is 0.889 bits per heavy atom. The molecule has 0 N–H and O–H groups in total. The normalized spacial score (nSPS) is 13.6. The quantitative estimate of drug-likeness (QED) is 0.445. The fourth-order valence-corrected chi connectivity index (χ4v) is 10.1. The standard InChI is InChI=1S/C24H36S3/c1-23(2,3)27(24(4,5)6,17-15-19-7-11-21(25)12-8-19)18-16-20-9-13-22(26)14-10-20/h7-14,25-26H,15-18H2,1-6H3. The summed E-state index contributed by atoms with van der Waals surface area (Å²) in [7, 11) is -0.884. The molecule has 0 spiro atoms. The highest BCUT2D eigenvalue weighted by Crippen LogP contribution is 2.67. The van der Waals surface area contributed by atoms with Crippen LogP contribution in [0.1, 0.15) is 52.7 Å². The molecule has 0 aliphatic rings. The van der Waals surface area contributed by atoms with Gasteiger partial charge in [-0.3, -0.25) is 0 Å². The molecule has 150 valence electrons. The summed E-state index contributed by atoms with van der Waals surface area (Å²) in [5.74, 6) is 2.55. The summed E-state index contributed by atoms with van der Waals surface area (Å²) in [5, 5.41) is 0. The Balaban J connectivity index is 2.28. The van der Waals surface area contributed by atoms with Crippen molar-refractivity contribution in [3.8, 4) is 0 Å². The van der Waals surface area contributed by atoms with Gasteiger partial charge in [-0.15, -0.1) is 25.3 Å². The first-order valence-corrected chi connectivity index (χ1v) is 12.6. The fraction of sp³-hybridized carbons (Fsp3) is 0.500. The Bertz CT molecular complexity index is 651. The van der Waals surface area contributed by atoms with Gasteiger partial charge in [-0.05, 0) is 69.2 Å². The summed E-state index contributed by atoms with van der Waals surface area (Å²) < 4.78 is 0.608. The van der Waals surface area contributed by atoms with Gasteiger partial charge >= 0.3 is 0 Å². The Labute approximate surface area is 179 Å². The lowest BCUT2D eigenvalue weighted by Crippen LogP contribution is -2.43. The van der Waals surface area contributed by atoms with Gasteiger partial charge in [0, 0.05) is 9.79 Å². The van der Waals surface area contributed by atoms with E-state index in [-0.39, 0.29) is 0 Å². The maximum atomic E-state index is 4.43. The van der Waals surface area contributed by atoms with Crippen molar-refractivity contribution in [2.45, 2.75) is 73.7 Å². The molecule has 0 bridgehead atoms. The van der Waals surface area contributed by atoms with Crippen LogP contribution in [0.5, 0.6) is 0 Å². The molecule has 0 heterocycles. The van der Waals surface area contributed by atoms with Crippen molar-refractivity contribution in [2.75, 3.05) is 11.5 Å². The predicted octanol–water partition coefficient (Wildman–Crippen LogP) is 7.45. The summed E-state index contributed by atoms with van der Waals surface area (Å²) >= 11 is 8.86. The number of rotatable bonds is 6. The summed E-state index contributed by atoms with van der Waals surface area (Å²) in [6, 6.07) is 17.4. The predicted molar refractivity (Wildman–Crippen MR) is 132 cm³/mol. The molecule has 0 aliphatic heterocycles. The Morgan fingerprint density at radius 3 is 1.15 bits per heavy atom. The molecule has 0 amide bonds. The summed E-state index contributed by atoms with van der Waals surface area (Å²) in [6.07, 6.45) is 2.29. The van der Waals surface area contributed by atoms with Crippen molar-refractivity contribution in [2.24, 2.45) is 0 Å². The molecule has 2 aromatic rings. The number of hydrogen-bond acceptors (Lipinski definition) is 2. The smallest absolute Gasteiger partial charge is 0.00401 e. The number of benzene rings is 2. The van der Waals surface area contributed by atoms with Crippen LogP contribution in [-0.4, -0.2) is 21.0 Å². The molecule has 0 nitrogen and oxygen atoms in total. The summed E-state index contributed by atoms with van der Waals surface area (Å²) in [5.41, 5.74) is 2.86. The molecule has 0 radical (unpaired) electrons. The number of aryl methyl sites for hydroxylation is 2. The van der Waals surface area contributed by atoms with Crippen molar-refractivity contribution in [1.29, 1.82) is 0 Å². The first-order chi connectivity index (χ1) is 12.4. The Morgan fingerprint density at radius 1 is 0.593 bits per heavy atom. The van der Waals surface area contributed by atoms with Crippen LogP contribution in [0.15, 0.2) is 58.3 Å². The largest absolute Gasteiger partial charge is 0.231 e. The van der Waals surface area contributed by atoms with Gasteiger partial charge in [0.2, 0.25) is 0 Å². The molecule has 2 aromatic carbocycles. The zero-order chi connectivity index (χ0) is 20.3. The Kier molecular flexibility index (Phi) is 7.49. The fourth-order valence-electron chi connectivity index (χ4n) is 4.15. The monoisotopic (exact) mass is 420 g/mol. The van der Waals surface area contributed by atoms with Crippen LogP contribution in [0.2, 0.25) is 0 Å². The molecule has 0 fully saturated rings. The topological polar surface area (TPSA) is 0 Å². The minimum Gasteiger partial charge on any atom is -0.231 e. The Hall–Kier alpha value is -0.510. The van der Waals surface area contributed by atoms with Crippen molar-refractivity contribution in [1.82, 2.24) is 0 Å². The molecule has 2 rings (SSSR count). The van der Waals surface area contributed by atoms with Gasteiger partial charge in [-0.2, -0.15) is 0 Å². The zero-order valence-electron chi connectivity index (χ0n) is 17.7. The lowest BCUT2D eigenvalue weighted by atomic mass is 10.2. The van der Waals surface area contributed by atoms with E-state index in [0.29, 0.717) is 9.49 Å². The van der Waals surface area contributed by atoms with Crippen LogP contribution < -0.4 is 0 Å². The maximum Gasteiger partial charge on any atom is 0.00401 e. The molecule has 3 heteroatoms. The van der Waals surface area contributed by atoms with Gasteiger partial charge in [0.25, 0.3) is 0 Å². The third kappa shape index (κ3) is 5.74. The minimum atomic E-state index is -0.884. The highest BCUT2D eigenvalue weighted by molar-refractivity contribution is 8.35. The van der Waals surface area contributed by atoms with E-state index in [0.717, 1.165) is 22.6 Å². The van der Waals surface area contributed by atoms with Crippen molar-refractivity contribution >= 4 is 35.3 Å². The molecular formula is C24H36S3. The van der Waals surface area contributed by atoms with Crippen LogP contribution >= 0.6 is 35.3 Å². The van der Waals surface area contributed by atoms with Crippen LogP contribution in [0.3, 0.4) is 0 Å². The first kappa shape index (κ1) is 22.8. The number of hydrogen-bond donors (Lipinski definition) is 2. The molecular weight excluding hydrogens is 384 g/mol. The van der Waals surface area contributed by atoms with Gasteiger partial charge in [0.15, 0.2) is 0 Å². The SMILES string of the molecule is CC(C)(C)S(CCc1ccc(S)cc1)(CCc1ccc(S)cc1)C(C)(C)C. The second kappa shape index (κ2) is 8.88. The average molecular weight is 421 g/mol. The first-order valence-electron chi connectivity index (χ1n) is 9.78. The second-order valence-corrected chi connectivity index (χ2v) is 15.4. The summed E-state index contributed by atoms with van der Waals surface area (Å²) in [6.45, 7) is 14.8. The second-order valence-electron chi connectivity index (χ2n) is 9.35. The van der Waals surface area contributed by atoms with E-state index < -0.39 is 10.0 Å². The third-order valence-corrected chi connectivity index (χ3v) is 12.8. The van der Waals surface area contributed by atoms with E-state index in [4.69, 9.17) is 0 Å². The summed E-state index contributed by atoms with van der Waals surface area (Å²) in [4.78, 5) is 2.08. The highest BCUT2D eigenvalue weighted by Gasteiger charge is 2.44. The van der Waals surface area contributed by atoms with E-state index in [1.807, 2.05) is 0 Å². The highest BCUT2D eigenvalue weighted by atomic mass is 32.3. The minimum absolute atomic E-state index is 0.304. The van der Waals surface area contributed by atoms with E-state index in [2.05, 4.69) is 115 Å². The van der Waals surface area contributed by atoms with Crippen molar-refractivity contribution in [3.05, 3.63) is 59.7 Å². The van der Waals surface area contributed by atoms with Gasteiger partial charge in [0.05, 0.1) is 0 Å². The van der Waals surface area contributed by atoms with Crippen LogP contribution in [0, 0.1) is 0 Å². The van der Waals surface area contributed by atoms with Crippen molar-refractivity contribution < 1.29 is 0 Å². The average Bonchev–Trinajstić information content (AvgIpc) is 2.56. The molecule has 0 saturated carbocycles. The maximum absolute atomic E-state index is 4.43. The van der Waals surface area contributed by atoms with Gasteiger partial charge < -0.3 is 0 Å². The molecule has 0 aliphatic carbocycles. The van der Waals surface area contributed by atoms with E-state index in [1.54, 1.807) is 0 Å². The molecule has 0 saturated heterocycles. The number of thiol groups is 2. The van der Waals surface area contributed by atoms with Gasteiger partial charge in [0.1, 0.15) is 0 Å². The van der Waals surface area contributed by atoms with Crippen molar-refractivity contribution in [3.63, 3.8) is 0 Å². The lowest BCUT2D eigenvalue weighted by molar-refractivity contribution is 0.699. The van der Waals surface area contributed by atoms with E-state index in [9.17, 15) is 0 Å². The molecule has 27 heavy (non-hydrogen) atoms. The molecule has 0 unspecified atom stereocenters. The van der Waals surface area contributed by atoms with Crippen LogP contribution in [0.4, 0.5) is 0 Å². The molecule has 0 aromatic heterocycles. The van der Waals surface area contributed by atoms with E-state index in [1.165, 1.54) is 22.6 Å². The van der Waals surface area contributed by atoms with Crippen LogP contribution in [0.25, 0.3) is 0 Å². The van der Waals surface area contributed by atoms with Crippen LogP contribution in [-0.2, 0) is 12.8 Å². The van der Waals surface area contributed by atoms with E-state index >= 15 is 0 Å². The van der Waals surface area contributed by atoms with Gasteiger partial charge in [-0.25, -0.2) is 10.0 Å². The lowest BCUT2D eigenvalue weighted by Gasteiger charge is -2.60. The zero-order valence-corrected chi connectivity index (χ0v) is 20.4. The van der Waals surface area contributed by atoms with Gasteiger partial charge in [-0.1, -0.05) is 65.8 Å². The third-order valence-electron chi connectivity index (χ3n) is 5.70.